The summed E-state index contributed by atoms with van der Waals surface area (Å²) in [5, 5.41) is 0. The predicted octanol–water partition coefficient (Wildman–Crippen LogP) is 4.19. The van der Waals surface area contributed by atoms with Crippen molar-refractivity contribution in [2.45, 2.75) is 6.92 Å². The van der Waals surface area contributed by atoms with Gasteiger partial charge in [-0.1, -0.05) is 42.5 Å². The van der Waals surface area contributed by atoms with E-state index in [1.807, 2.05) is 43.3 Å². The molecule has 94 valence electrons. The number of rotatable bonds is 2. The molecule has 0 amide bonds. The lowest BCUT2D eigenvalue weighted by Gasteiger charge is -1.97. The third-order valence-corrected chi connectivity index (χ3v) is 3.03. The van der Waals surface area contributed by atoms with E-state index >= 15 is 0 Å². The van der Waals surface area contributed by atoms with Gasteiger partial charge in [0, 0.05) is 16.8 Å². The zero-order chi connectivity index (χ0) is 13.2. The summed E-state index contributed by atoms with van der Waals surface area (Å²) in [5.74, 6) is 0.434. The molecule has 1 N–H and O–H groups in total. The van der Waals surface area contributed by atoms with Crippen molar-refractivity contribution < 1.29 is 4.39 Å². The summed E-state index contributed by atoms with van der Waals surface area (Å²) in [6.45, 7) is 1.97. The largest absolute Gasteiger partial charge is 0.342 e. The summed E-state index contributed by atoms with van der Waals surface area (Å²) in [4.78, 5) is 7.78. The number of benzene rings is 2. The summed E-state index contributed by atoms with van der Waals surface area (Å²) in [6, 6.07) is 16.4. The number of H-pyrrole nitrogens is 1. The summed E-state index contributed by atoms with van der Waals surface area (Å²) in [7, 11) is 0. The number of hydrogen-bond donors (Lipinski definition) is 1. The van der Waals surface area contributed by atoms with Gasteiger partial charge in [-0.2, -0.15) is 0 Å². The van der Waals surface area contributed by atoms with Crippen LogP contribution in [-0.4, -0.2) is 9.97 Å². The van der Waals surface area contributed by atoms with Crippen LogP contribution in [0.2, 0.25) is 0 Å². The molecule has 0 unspecified atom stereocenters. The second-order valence-electron chi connectivity index (χ2n) is 4.44. The lowest BCUT2D eigenvalue weighted by atomic mass is 10.1. The molecular weight excluding hydrogens is 239 g/mol. The Morgan fingerprint density at radius 1 is 0.947 bits per heavy atom. The minimum absolute atomic E-state index is 0.257. The van der Waals surface area contributed by atoms with Crippen molar-refractivity contribution in [3.8, 4) is 22.6 Å². The van der Waals surface area contributed by atoms with Gasteiger partial charge < -0.3 is 4.98 Å². The number of halogens is 1. The summed E-state index contributed by atoms with van der Waals surface area (Å²) in [6.07, 6.45) is 0. The van der Waals surface area contributed by atoms with Gasteiger partial charge in [0.1, 0.15) is 11.6 Å². The molecule has 2 aromatic carbocycles. The molecule has 0 spiro atoms. The number of nitrogens with one attached hydrogen (secondary N) is 1. The SMILES string of the molecule is Cc1[nH]c(-c2cccc(F)c2)nc1-c1ccccc1. The van der Waals surface area contributed by atoms with Gasteiger partial charge in [-0.15, -0.1) is 0 Å². The summed E-state index contributed by atoms with van der Waals surface area (Å²) < 4.78 is 13.2. The fourth-order valence-electron chi connectivity index (χ4n) is 2.11. The predicted molar refractivity (Wildman–Crippen MR) is 74.2 cm³/mol. The van der Waals surface area contributed by atoms with Gasteiger partial charge >= 0.3 is 0 Å². The monoisotopic (exact) mass is 252 g/mol. The Kier molecular flexibility index (Phi) is 2.88. The molecular formula is C16H13FN2. The average molecular weight is 252 g/mol. The highest BCUT2D eigenvalue weighted by molar-refractivity contribution is 5.67. The fraction of sp³-hybridized carbons (Fsp3) is 0.0625. The van der Waals surface area contributed by atoms with E-state index in [0.29, 0.717) is 5.82 Å². The van der Waals surface area contributed by atoms with E-state index in [-0.39, 0.29) is 5.82 Å². The zero-order valence-corrected chi connectivity index (χ0v) is 10.5. The molecule has 3 heteroatoms. The van der Waals surface area contributed by atoms with Crippen molar-refractivity contribution in [3.63, 3.8) is 0 Å². The first-order chi connectivity index (χ1) is 9.24. The average Bonchev–Trinajstić information content (AvgIpc) is 2.82. The maximum absolute atomic E-state index is 13.2. The molecule has 0 atom stereocenters. The number of aromatic nitrogens is 2. The Labute approximate surface area is 111 Å². The summed E-state index contributed by atoms with van der Waals surface area (Å²) >= 11 is 0. The molecule has 0 saturated carbocycles. The maximum atomic E-state index is 13.2. The van der Waals surface area contributed by atoms with E-state index in [4.69, 9.17) is 0 Å². The Morgan fingerprint density at radius 3 is 2.42 bits per heavy atom. The Morgan fingerprint density at radius 2 is 1.68 bits per heavy atom. The summed E-state index contributed by atoms with van der Waals surface area (Å²) in [5.41, 5.74) is 3.69. The lowest BCUT2D eigenvalue weighted by molar-refractivity contribution is 0.628. The Bertz CT molecular complexity index is 702. The number of imidazole rings is 1. The van der Waals surface area contributed by atoms with Gasteiger partial charge in [-0.3, -0.25) is 0 Å². The molecule has 1 aromatic heterocycles. The molecule has 19 heavy (non-hydrogen) atoms. The number of aromatic amines is 1. The Balaban J connectivity index is 2.07. The van der Waals surface area contributed by atoms with Gasteiger partial charge in [0.15, 0.2) is 0 Å². The minimum atomic E-state index is -0.257. The fourth-order valence-corrected chi connectivity index (χ4v) is 2.11. The number of nitrogens with zero attached hydrogens (tertiary/aromatic N) is 1. The van der Waals surface area contributed by atoms with Crippen molar-refractivity contribution in [2.75, 3.05) is 0 Å². The molecule has 3 aromatic rings. The van der Waals surface area contributed by atoms with Crippen molar-refractivity contribution >= 4 is 0 Å². The van der Waals surface area contributed by atoms with Crippen LogP contribution in [-0.2, 0) is 0 Å². The van der Waals surface area contributed by atoms with E-state index in [0.717, 1.165) is 22.5 Å². The molecule has 0 aliphatic carbocycles. The normalized spacial score (nSPS) is 10.6. The highest BCUT2D eigenvalue weighted by Gasteiger charge is 2.10. The second kappa shape index (κ2) is 4.69. The quantitative estimate of drug-likeness (QED) is 0.727. The second-order valence-corrected chi connectivity index (χ2v) is 4.44. The van der Waals surface area contributed by atoms with E-state index in [9.17, 15) is 4.39 Å². The first-order valence-corrected chi connectivity index (χ1v) is 6.12. The third kappa shape index (κ3) is 2.27. The standard InChI is InChI=1S/C16H13FN2/c1-11-15(12-6-3-2-4-7-12)19-16(18-11)13-8-5-9-14(17)10-13/h2-10H,1H3,(H,18,19). The zero-order valence-electron chi connectivity index (χ0n) is 10.5. The molecule has 0 aliphatic rings. The number of aryl methyl sites for hydroxylation is 1. The van der Waals surface area contributed by atoms with Gasteiger partial charge in [-0.25, -0.2) is 9.37 Å². The Hall–Kier alpha value is -2.42. The van der Waals surface area contributed by atoms with Gasteiger partial charge in [0.25, 0.3) is 0 Å². The smallest absolute Gasteiger partial charge is 0.138 e. The van der Waals surface area contributed by atoms with Crippen LogP contribution < -0.4 is 0 Å². The van der Waals surface area contributed by atoms with Gasteiger partial charge in [0.05, 0.1) is 5.69 Å². The molecule has 0 fully saturated rings. The van der Waals surface area contributed by atoms with Gasteiger partial charge in [0.2, 0.25) is 0 Å². The van der Waals surface area contributed by atoms with Crippen molar-refractivity contribution in [1.82, 2.24) is 9.97 Å². The van der Waals surface area contributed by atoms with Crippen molar-refractivity contribution in [1.29, 1.82) is 0 Å². The third-order valence-electron chi connectivity index (χ3n) is 3.03. The molecule has 2 nitrogen and oxygen atoms in total. The van der Waals surface area contributed by atoms with Crippen LogP contribution in [0, 0.1) is 12.7 Å². The van der Waals surface area contributed by atoms with Crippen LogP contribution in [0.5, 0.6) is 0 Å². The van der Waals surface area contributed by atoms with E-state index in [1.54, 1.807) is 6.07 Å². The first kappa shape index (κ1) is 11.7. The van der Waals surface area contributed by atoms with Crippen LogP contribution in [0.4, 0.5) is 4.39 Å². The van der Waals surface area contributed by atoms with Crippen LogP contribution in [0.15, 0.2) is 54.6 Å². The van der Waals surface area contributed by atoms with E-state index < -0.39 is 0 Å². The molecule has 3 rings (SSSR count). The molecule has 1 heterocycles. The van der Waals surface area contributed by atoms with Crippen LogP contribution in [0.25, 0.3) is 22.6 Å². The minimum Gasteiger partial charge on any atom is -0.342 e. The molecule has 0 radical (unpaired) electrons. The van der Waals surface area contributed by atoms with Crippen LogP contribution >= 0.6 is 0 Å². The molecule has 0 bridgehead atoms. The van der Waals surface area contributed by atoms with Crippen LogP contribution in [0.3, 0.4) is 0 Å². The van der Waals surface area contributed by atoms with Crippen LogP contribution in [0.1, 0.15) is 5.69 Å². The highest BCUT2D eigenvalue weighted by atomic mass is 19.1. The topological polar surface area (TPSA) is 28.7 Å². The maximum Gasteiger partial charge on any atom is 0.138 e. The van der Waals surface area contributed by atoms with Crippen molar-refractivity contribution in [2.24, 2.45) is 0 Å². The molecule has 0 aliphatic heterocycles. The van der Waals surface area contributed by atoms with Gasteiger partial charge in [-0.05, 0) is 19.1 Å². The molecule has 0 saturated heterocycles. The van der Waals surface area contributed by atoms with E-state index in [2.05, 4.69) is 9.97 Å². The van der Waals surface area contributed by atoms with E-state index in [1.165, 1.54) is 12.1 Å². The lowest BCUT2D eigenvalue weighted by Crippen LogP contribution is -1.82. The first-order valence-electron chi connectivity index (χ1n) is 6.12. The highest BCUT2D eigenvalue weighted by Crippen LogP contribution is 2.25. The van der Waals surface area contributed by atoms with Crippen molar-refractivity contribution in [3.05, 3.63) is 66.1 Å². The number of hydrogen-bond acceptors (Lipinski definition) is 1.